The summed E-state index contributed by atoms with van der Waals surface area (Å²) in [5.74, 6) is -0.716. The maximum Gasteiger partial charge on any atom is 0.272 e. The van der Waals surface area contributed by atoms with Gasteiger partial charge in [0.2, 0.25) is 0 Å². The van der Waals surface area contributed by atoms with E-state index < -0.39 is 15.9 Å². The number of rotatable bonds is 5. The van der Waals surface area contributed by atoms with Gasteiger partial charge >= 0.3 is 0 Å². The molecule has 0 aliphatic heterocycles. The van der Waals surface area contributed by atoms with E-state index in [0.717, 1.165) is 16.3 Å². The minimum Gasteiger partial charge on any atom is -0.268 e. The number of amides is 1. The van der Waals surface area contributed by atoms with Crippen molar-refractivity contribution in [1.29, 1.82) is 0 Å². The van der Waals surface area contributed by atoms with Crippen molar-refractivity contribution in [3.63, 3.8) is 0 Å². The quantitative estimate of drug-likeness (QED) is 0.526. The Morgan fingerprint density at radius 1 is 0.893 bits per heavy atom. The number of benzene rings is 3. The summed E-state index contributed by atoms with van der Waals surface area (Å²) < 4.78 is 27.4. The van der Waals surface area contributed by atoms with E-state index in [1.807, 2.05) is 6.92 Å². The van der Waals surface area contributed by atoms with Crippen LogP contribution in [0.1, 0.15) is 22.8 Å². The van der Waals surface area contributed by atoms with Crippen LogP contribution in [0.15, 0.2) is 77.7 Å². The minimum atomic E-state index is -4.14. The van der Waals surface area contributed by atoms with E-state index in [4.69, 9.17) is 23.2 Å². The summed E-state index contributed by atoms with van der Waals surface area (Å²) in [5, 5.41) is 0.453. The van der Waals surface area contributed by atoms with Gasteiger partial charge < -0.3 is 0 Å². The Morgan fingerprint density at radius 3 is 2.11 bits per heavy atom. The fraction of sp³-hybridized carbons (Fsp3) is 0.0952. The zero-order valence-electron chi connectivity index (χ0n) is 15.0. The number of sulfonamides is 1. The average Bonchev–Trinajstić information content (AvgIpc) is 2.71. The fourth-order valence-electron chi connectivity index (χ4n) is 2.68. The molecule has 0 aromatic heterocycles. The van der Waals surface area contributed by atoms with Gasteiger partial charge in [-0.3, -0.25) is 4.79 Å². The predicted molar refractivity (Wildman–Crippen MR) is 113 cm³/mol. The molecule has 0 bridgehead atoms. The Labute approximate surface area is 174 Å². The molecular formula is C21H17Cl2NO3S. The summed E-state index contributed by atoms with van der Waals surface area (Å²) in [6, 6.07) is 18.9. The van der Waals surface area contributed by atoms with Crippen LogP contribution in [0.25, 0.3) is 0 Å². The topological polar surface area (TPSA) is 54.5 Å². The van der Waals surface area contributed by atoms with Crippen molar-refractivity contribution in [2.24, 2.45) is 0 Å². The first kappa shape index (κ1) is 20.4. The molecule has 0 saturated carbocycles. The third-order valence-electron chi connectivity index (χ3n) is 4.21. The van der Waals surface area contributed by atoms with Gasteiger partial charge in [-0.05, 0) is 54.4 Å². The molecule has 0 saturated heterocycles. The van der Waals surface area contributed by atoms with Crippen LogP contribution in [-0.2, 0) is 16.4 Å². The molecule has 0 atom stereocenters. The minimum absolute atomic E-state index is 0.0166. The van der Waals surface area contributed by atoms with Gasteiger partial charge in [0, 0.05) is 5.56 Å². The molecule has 0 N–H and O–H groups in total. The van der Waals surface area contributed by atoms with E-state index in [-0.39, 0.29) is 26.2 Å². The standard InChI is InChI=1S/C21H17Cl2NO3S/c1-2-15-8-11-17(12-9-15)24(28(26,27)18-6-4-3-5-7-18)21(25)16-10-13-19(22)20(23)14-16/h3-14H,2H2,1H3. The second-order valence-corrected chi connectivity index (χ2v) is 8.64. The number of hydrogen-bond donors (Lipinski definition) is 0. The summed E-state index contributed by atoms with van der Waals surface area (Å²) >= 11 is 12.0. The van der Waals surface area contributed by atoms with Gasteiger partial charge in [0.05, 0.1) is 20.6 Å². The number of halogens is 2. The van der Waals surface area contributed by atoms with Gasteiger partial charge in [-0.1, -0.05) is 60.5 Å². The number of hydrogen-bond acceptors (Lipinski definition) is 3. The van der Waals surface area contributed by atoms with Gasteiger partial charge in [-0.25, -0.2) is 8.42 Å². The lowest BCUT2D eigenvalue weighted by Gasteiger charge is -2.23. The first-order valence-electron chi connectivity index (χ1n) is 8.53. The van der Waals surface area contributed by atoms with Crippen molar-refractivity contribution in [3.05, 3.63) is 94.0 Å². The molecule has 3 aromatic carbocycles. The lowest BCUT2D eigenvalue weighted by atomic mass is 10.1. The van der Waals surface area contributed by atoms with Gasteiger partial charge in [-0.15, -0.1) is 0 Å². The van der Waals surface area contributed by atoms with Gasteiger partial charge in [0.15, 0.2) is 0 Å². The lowest BCUT2D eigenvalue weighted by Crippen LogP contribution is -2.37. The molecule has 0 radical (unpaired) electrons. The van der Waals surface area contributed by atoms with Crippen LogP contribution >= 0.6 is 23.2 Å². The molecule has 4 nitrogen and oxygen atoms in total. The SMILES string of the molecule is CCc1ccc(N(C(=O)c2ccc(Cl)c(Cl)c2)S(=O)(=O)c2ccccc2)cc1. The molecule has 0 aliphatic carbocycles. The van der Waals surface area contributed by atoms with Crippen molar-refractivity contribution in [3.8, 4) is 0 Å². The van der Waals surface area contributed by atoms with Crippen LogP contribution in [0.2, 0.25) is 10.0 Å². The molecule has 1 amide bonds. The van der Waals surface area contributed by atoms with E-state index in [2.05, 4.69) is 0 Å². The highest BCUT2D eigenvalue weighted by Gasteiger charge is 2.32. The molecule has 144 valence electrons. The number of anilines is 1. The maximum absolute atomic E-state index is 13.3. The summed E-state index contributed by atoms with van der Waals surface area (Å²) in [5.41, 5.74) is 1.40. The highest BCUT2D eigenvalue weighted by atomic mass is 35.5. The number of carbonyl (C=O) groups is 1. The van der Waals surface area contributed by atoms with Gasteiger partial charge in [0.1, 0.15) is 0 Å². The van der Waals surface area contributed by atoms with Crippen molar-refractivity contribution in [2.45, 2.75) is 18.2 Å². The second-order valence-electron chi connectivity index (χ2n) is 6.04. The molecule has 0 heterocycles. The van der Waals surface area contributed by atoms with Crippen molar-refractivity contribution in [1.82, 2.24) is 0 Å². The molecule has 3 rings (SSSR count). The molecule has 28 heavy (non-hydrogen) atoms. The molecular weight excluding hydrogens is 417 g/mol. The van der Waals surface area contributed by atoms with E-state index in [1.165, 1.54) is 30.3 Å². The summed E-state index contributed by atoms with van der Waals surface area (Å²) in [7, 11) is -4.14. The largest absolute Gasteiger partial charge is 0.272 e. The van der Waals surface area contributed by atoms with Crippen LogP contribution in [0.5, 0.6) is 0 Å². The molecule has 0 unspecified atom stereocenters. The Hall–Kier alpha value is -2.34. The summed E-state index contributed by atoms with van der Waals surface area (Å²) in [4.78, 5) is 13.2. The average molecular weight is 434 g/mol. The maximum atomic E-state index is 13.3. The third-order valence-corrected chi connectivity index (χ3v) is 6.68. The van der Waals surface area contributed by atoms with Crippen molar-refractivity contribution >= 4 is 44.8 Å². The number of nitrogens with zero attached hydrogens (tertiary/aromatic N) is 1. The van der Waals surface area contributed by atoms with Gasteiger partial charge in [0.25, 0.3) is 15.9 Å². The van der Waals surface area contributed by atoms with E-state index >= 15 is 0 Å². The lowest BCUT2D eigenvalue weighted by molar-refractivity contribution is 0.101. The first-order chi connectivity index (χ1) is 13.3. The smallest absolute Gasteiger partial charge is 0.268 e. The Kier molecular flexibility index (Phi) is 6.08. The van der Waals surface area contributed by atoms with Crippen LogP contribution in [0.4, 0.5) is 5.69 Å². The number of aryl methyl sites for hydroxylation is 1. The van der Waals surface area contributed by atoms with E-state index in [1.54, 1.807) is 42.5 Å². The molecule has 0 spiro atoms. The molecule has 0 aliphatic rings. The van der Waals surface area contributed by atoms with E-state index in [0.29, 0.717) is 0 Å². The summed E-state index contributed by atoms with van der Waals surface area (Å²) in [6.07, 6.45) is 0.798. The van der Waals surface area contributed by atoms with Crippen LogP contribution in [0.3, 0.4) is 0 Å². The normalized spacial score (nSPS) is 11.2. The van der Waals surface area contributed by atoms with Crippen molar-refractivity contribution in [2.75, 3.05) is 4.31 Å². The van der Waals surface area contributed by atoms with Crippen molar-refractivity contribution < 1.29 is 13.2 Å². The summed E-state index contributed by atoms with van der Waals surface area (Å²) in [6.45, 7) is 1.99. The molecule has 0 fully saturated rings. The predicted octanol–water partition coefficient (Wildman–Crippen LogP) is 5.59. The zero-order chi connectivity index (χ0) is 20.3. The monoisotopic (exact) mass is 433 g/mol. The fourth-order valence-corrected chi connectivity index (χ4v) is 4.41. The van der Waals surface area contributed by atoms with E-state index in [9.17, 15) is 13.2 Å². The van der Waals surface area contributed by atoms with Crippen LogP contribution in [0, 0.1) is 0 Å². The Bertz CT molecular complexity index is 1100. The Morgan fingerprint density at radius 2 is 1.54 bits per heavy atom. The van der Waals surface area contributed by atoms with Crippen LogP contribution < -0.4 is 4.31 Å². The number of carbonyl (C=O) groups excluding carboxylic acids is 1. The van der Waals surface area contributed by atoms with Gasteiger partial charge in [-0.2, -0.15) is 4.31 Å². The Balaban J connectivity index is 2.16. The van der Waals surface area contributed by atoms with Crippen LogP contribution in [-0.4, -0.2) is 14.3 Å². The third kappa shape index (κ3) is 4.07. The molecule has 7 heteroatoms. The molecule has 3 aromatic rings. The highest BCUT2D eigenvalue weighted by molar-refractivity contribution is 7.93. The highest BCUT2D eigenvalue weighted by Crippen LogP contribution is 2.29. The zero-order valence-corrected chi connectivity index (χ0v) is 17.3. The second kappa shape index (κ2) is 8.35. The first-order valence-corrected chi connectivity index (χ1v) is 10.7.